The Kier molecular flexibility index (Phi) is 8.40. The second kappa shape index (κ2) is 11.9. The molecule has 0 unspecified atom stereocenters. The Morgan fingerprint density at radius 2 is 1.61 bits per heavy atom. The summed E-state index contributed by atoms with van der Waals surface area (Å²) >= 11 is 12.2. The van der Waals surface area contributed by atoms with Crippen LogP contribution < -0.4 is 10.6 Å². The normalized spacial score (nSPS) is 10.7. The smallest absolute Gasteiger partial charge is 0.305 e. The zero-order chi connectivity index (χ0) is 27.2. The number of nitrogens with one attached hydrogen (secondary N) is 2. The van der Waals surface area contributed by atoms with Gasteiger partial charge in [-0.1, -0.05) is 41.4 Å². The van der Waals surface area contributed by atoms with Gasteiger partial charge in [-0.15, -0.1) is 0 Å². The highest BCUT2D eigenvalue weighted by Gasteiger charge is 2.18. The van der Waals surface area contributed by atoms with Crippen LogP contribution in [0, 0.1) is 5.82 Å². The average Bonchev–Trinajstić information content (AvgIpc) is 3.31. The van der Waals surface area contributed by atoms with Crippen molar-refractivity contribution in [2.24, 2.45) is 0 Å². The molecule has 1 aromatic heterocycles. The van der Waals surface area contributed by atoms with E-state index in [4.69, 9.17) is 28.3 Å². The third-order valence-corrected chi connectivity index (χ3v) is 6.24. The average molecular weight is 555 g/mol. The van der Waals surface area contributed by atoms with Crippen LogP contribution in [0.3, 0.4) is 0 Å². The van der Waals surface area contributed by atoms with Crippen LogP contribution in [0.2, 0.25) is 10.0 Å². The van der Waals surface area contributed by atoms with Gasteiger partial charge >= 0.3 is 5.97 Å². The highest BCUT2D eigenvalue weighted by atomic mass is 35.5. The topological polar surface area (TPSA) is 113 Å². The molecule has 194 valence electrons. The number of amides is 2. The fourth-order valence-electron chi connectivity index (χ4n) is 3.56. The summed E-state index contributed by atoms with van der Waals surface area (Å²) in [5, 5.41) is 19.3. The molecule has 4 aromatic rings. The highest BCUT2D eigenvalue weighted by molar-refractivity contribution is 6.42. The Hall–Kier alpha value is -4.21. The van der Waals surface area contributed by atoms with E-state index in [1.165, 1.54) is 28.9 Å². The molecular formula is C27H21Cl2FN4O4. The summed E-state index contributed by atoms with van der Waals surface area (Å²) in [5.41, 5.74) is 2.92. The first kappa shape index (κ1) is 26.8. The van der Waals surface area contributed by atoms with E-state index in [1.807, 2.05) is 0 Å². The standard InChI is InChI=1S/C27H21Cl2FN4O4/c28-21-10-5-18(13-22(21)29)23-14-24(27(38)32-20-8-6-19(30)7-9-20)34(33-23)15-16-1-3-17(4-2-16)26(37)31-12-11-25(35)36/h1-10,13-14H,11-12,15H2,(H,31,37)(H,32,38)(H,35,36). The maximum Gasteiger partial charge on any atom is 0.305 e. The molecule has 8 nitrogen and oxygen atoms in total. The van der Waals surface area contributed by atoms with Gasteiger partial charge in [-0.05, 0) is 60.2 Å². The van der Waals surface area contributed by atoms with Gasteiger partial charge in [-0.2, -0.15) is 5.10 Å². The summed E-state index contributed by atoms with van der Waals surface area (Å²) in [5.74, 6) is -2.27. The number of benzene rings is 3. The van der Waals surface area contributed by atoms with Crippen LogP contribution in [0.5, 0.6) is 0 Å². The van der Waals surface area contributed by atoms with Crippen molar-refractivity contribution in [1.29, 1.82) is 0 Å². The largest absolute Gasteiger partial charge is 0.481 e. The molecule has 11 heteroatoms. The molecule has 0 aliphatic carbocycles. The van der Waals surface area contributed by atoms with E-state index in [2.05, 4.69) is 15.7 Å². The molecule has 0 aliphatic rings. The van der Waals surface area contributed by atoms with E-state index in [-0.39, 0.29) is 25.2 Å². The minimum atomic E-state index is -1.00. The van der Waals surface area contributed by atoms with Crippen molar-refractivity contribution in [3.05, 3.63) is 105 Å². The lowest BCUT2D eigenvalue weighted by Gasteiger charge is -2.09. The number of anilines is 1. The van der Waals surface area contributed by atoms with Gasteiger partial charge in [0.25, 0.3) is 11.8 Å². The fraction of sp³-hybridized carbons (Fsp3) is 0.111. The minimum absolute atomic E-state index is 0.0211. The van der Waals surface area contributed by atoms with E-state index >= 15 is 0 Å². The molecule has 1 heterocycles. The molecule has 0 bridgehead atoms. The maximum atomic E-state index is 13.3. The van der Waals surface area contributed by atoms with Gasteiger partial charge in [0.05, 0.1) is 28.7 Å². The van der Waals surface area contributed by atoms with Crippen LogP contribution in [-0.2, 0) is 11.3 Å². The Morgan fingerprint density at radius 3 is 2.26 bits per heavy atom. The molecule has 0 atom stereocenters. The van der Waals surface area contributed by atoms with E-state index in [1.54, 1.807) is 48.5 Å². The van der Waals surface area contributed by atoms with Crippen molar-refractivity contribution in [2.75, 3.05) is 11.9 Å². The predicted octanol–water partition coefficient (Wildman–Crippen LogP) is 5.50. The van der Waals surface area contributed by atoms with Crippen LogP contribution in [0.1, 0.15) is 32.8 Å². The van der Waals surface area contributed by atoms with Crippen molar-refractivity contribution >= 4 is 46.7 Å². The summed E-state index contributed by atoms with van der Waals surface area (Å²) in [4.78, 5) is 36.0. The van der Waals surface area contributed by atoms with Crippen molar-refractivity contribution in [3.8, 4) is 11.3 Å². The third kappa shape index (κ3) is 6.76. The number of carbonyl (C=O) groups is 3. The predicted molar refractivity (Wildman–Crippen MR) is 142 cm³/mol. The Bertz CT molecular complexity index is 1490. The third-order valence-electron chi connectivity index (χ3n) is 5.50. The van der Waals surface area contributed by atoms with Gasteiger partial charge in [0.15, 0.2) is 0 Å². The molecule has 0 saturated carbocycles. The van der Waals surface area contributed by atoms with Crippen molar-refractivity contribution in [1.82, 2.24) is 15.1 Å². The SMILES string of the molecule is O=C(O)CCNC(=O)c1ccc(Cn2nc(-c3ccc(Cl)c(Cl)c3)cc2C(=O)Nc2ccc(F)cc2)cc1. The van der Waals surface area contributed by atoms with Gasteiger partial charge in [0.1, 0.15) is 11.5 Å². The fourth-order valence-corrected chi connectivity index (χ4v) is 3.86. The zero-order valence-corrected chi connectivity index (χ0v) is 21.3. The van der Waals surface area contributed by atoms with Crippen molar-refractivity contribution in [2.45, 2.75) is 13.0 Å². The lowest BCUT2D eigenvalue weighted by molar-refractivity contribution is -0.136. The maximum absolute atomic E-state index is 13.3. The van der Waals surface area contributed by atoms with Crippen LogP contribution in [-0.4, -0.2) is 39.2 Å². The lowest BCUT2D eigenvalue weighted by Crippen LogP contribution is -2.26. The Morgan fingerprint density at radius 1 is 0.895 bits per heavy atom. The van der Waals surface area contributed by atoms with E-state index in [0.717, 1.165) is 5.56 Å². The summed E-state index contributed by atoms with van der Waals surface area (Å²) in [7, 11) is 0. The summed E-state index contributed by atoms with van der Waals surface area (Å²) < 4.78 is 14.8. The quantitative estimate of drug-likeness (QED) is 0.253. The number of carbonyl (C=O) groups excluding carboxylic acids is 2. The van der Waals surface area contributed by atoms with E-state index in [0.29, 0.717) is 32.6 Å². The number of hydrogen-bond acceptors (Lipinski definition) is 4. The second-order valence-corrected chi connectivity index (χ2v) is 9.07. The molecule has 38 heavy (non-hydrogen) atoms. The number of nitrogens with zero attached hydrogens (tertiary/aromatic N) is 2. The van der Waals surface area contributed by atoms with Crippen LogP contribution >= 0.6 is 23.2 Å². The van der Waals surface area contributed by atoms with E-state index < -0.39 is 23.6 Å². The Labute approximate surface area is 227 Å². The molecule has 0 saturated heterocycles. The number of rotatable bonds is 9. The number of aromatic nitrogens is 2. The monoisotopic (exact) mass is 554 g/mol. The lowest BCUT2D eigenvalue weighted by atomic mass is 10.1. The molecule has 0 spiro atoms. The molecule has 0 aliphatic heterocycles. The zero-order valence-electron chi connectivity index (χ0n) is 19.7. The van der Waals surface area contributed by atoms with Gasteiger partial charge in [-0.3, -0.25) is 19.1 Å². The molecule has 2 amide bonds. The summed E-state index contributed by atoms with van der Waals surface area (Å²) in [6.45, 7) is 0.224. The van der Waals surface area contributed by atoms with Crippen LogP contribution in [0.4, 0.5) is 10.1 Å². The molecule has 3 N–H and O–H groups in total. The molecule has 4 rings (SSSR count). The van der Waals surface area contributed by atoms with Crippen molar-refractivity contribution < 1.29 is 23.9 Å². The number of aliphatic carboxylic acids is 1. The molecule has 0 radical (unpaired) electrons. The summed E-state index contributed by atoms with van der Waals surface area (Å²) in [6.07, 6.45) is -0.174. The van der Waals surface area contributed by atoms with E-state index in [9.17, 15) is 18.8 Å². The molecule has 3 aromatic carbocycles. The van der Waals surface area contributed by atoms with Crippen LogP contribution in [0.25, 0.3) is 11.3 Å². The van der Waals surface area contributed by atoms with Crippen LogP contribution in [0.15, 0.2) is 72.8 Å². The first-order chi connectivity index (χ1) is 18.2. The number of halogens is 3. The molecule has 0 fully saturated rings. The first-order valence-electron chi connectivity index (χ1n) is 11.4. The van der Waals surface area contributed by atoms with Gasteiger partial charge < -0.3 is 15.7 Å². The first-order valence-corrected chi connectivity index (χ1v) is 12.1. The highest BCUT2D eigenvalue weighted by Crippen LogP contribution is 2.29. The molecular weight excluding hydrogens is 534 g/mol. The van der Waals surface area contributed by atoms with Gasteiger partial charge in [0.2, 0.25) is 0 Å². The number of hydrogen-bond donors (Lipinski definition) is 3. The van der Waals surface area contributed by atoms with Gasteiger partial charge in [0, 0.05) is 23.4 Å². The van der Waals surface area contributed by atoms with Crippen molar-refractivity contribution in [3.63, 3.8) is 0 Å². The minimum Gasteiger partial charge on any atom is -0.481 e. The Balaban J connectivity index is 1.59. The number of carboxylic acids is 1. The van der Waals surface area contributed by atoms with Gasteiger partial charge in [-0.25, -0.2) is 4.39 Å². The second-order valence-electron chi connectivity index (χ2n) is 8.26. The summed E-state index contributed by atoms with van der Waals surface area (Å²) in [6, 6.07) is 18.7. The number of carboxylic acid groups (broad SMARTS) is 1.